The molecule has 4 heterocycles. The molecule has 51 heavy (non-hydrogen) atoms. The van der Waals surface area contributed by atoms with E-state index in [0.717, 1.165) is 99.4 Å². The molecule has 7 aromatic carbocycles. The smallest absolute Gasteiger partial charge is 0.180 e. The highest BCUT2D eigenvalue weighted by atomic mass is 16.3. The third-order valence-corrected chi connectivity index (χ3v) is 9.91. The molecule has 4 aromatic heterocycles. The van der Waals surface area contributed by atoms with Crippen molar-refractivity contribution >= 4 is 65.9 Å². The van der Waals surface area contributed by atoms with E-state index in [9.17, 15) is 0 Å². The summed E-state index contributed by atoms with van der Waals surface area (Å²) in [6.45, 7) is 0. The Hall–Kier alpha value is -6.98. The second-order valence-corrected chi connectivity index (χ2v) is 12.9. The van der Waals surface area contributed by atoms with Crippen molar-refractivity contribution in [1.82, 2.24) is 9.97 Å². The van der Waals surface area contributed by atoms with E-state index >= 15 is 0 Å². The molecule has 0 amide bonds. The highest BCUT2D eigenvalue weighted by molar-refractivity contribution is 6.17. The zero-order valence-electron chi connectivity index (χ0n) is 27.1. The standard InChI is InChI=1S/C46H26N2O3/c1-3-10-27(11-4-1)29-18-23-40-36(26-29)44-45(51-40)43(47-46(48-44)28-12-5-2-6-13-28)33-15-9-17-41-42(33)35-25-31(20-22-39(35)50-41)30-19-21-38-34(24-30)32-14-7-8-16-37(32)49-38/h1-26H. The number of para-hydroxylation sites is 1. The van der Waals surface area contributed by atoms with Crippen LogP contribution in [-0.2, 0) is 0 Å². The maximum Gasteiger partial charge on any atom is 0.180 e. The zero-order chi connectivity index (χ0) is 33.5. The summed E-state index contributed by atoms with van der Waals surface area (Å²) in [5.41, 5.74) is 12.5. The number of furan rings is 3. The lowest BCUT2D eigenvalue weighted by Gasteiger charge is -2.08. The van der Waals surface area contributed by atoms with E-state index in [-0.39, 0.29) is 0 Å². The second kappa shape index (κ2) is 10.8. The van der Waals surface area contributed by atoms with Crippen LogP contribution in [0.1, 0.15) is 0 Å². The van der Waals surface area contributed by atoms with Crippen molar-refractivity contribution in [3.8, 4) is 44.9 Å². The number of nitrogens with zero attached hydrogens (tertiary/aromatic N) is 2. The summed E-state index contributed by atoms with van der Waals surface area (Å²) in [5, 5.41) is 5.13. The van der Waals surface area contributed by atoms with Gasteiger partial charge in [0.15, 0.2) is 11.4 Å². The van der Waals surface area contributed by atoms with Crippen LogP contribution in [0.5, 0.6) is 0 Å². The molecule has 11 rings (SSSR count). The average molecular weight is 655 g/mol. The van der Waals surface area contributed by atoms with Gasteiger partial charge in [-0.2, -0.15) is 0 Å². The predicted octanol–water partition coefficient (Wildman–Crippen LogP) is 12.8. The SMILES string of the molecule is c1ccc(-c2ccc3oc4c(-c5cccc6oc7ccc(-c8ccc9oc%10ccccc%10c9c8)cc7c56)nc(-c5ccccc5)nc4c3c2)cc1. The Bertz CT molecular complexity index is 3130. The van der Waals surface area contributed by atoms with Crippen molar-refractivity contribution in [2.24, 2.45) is 0 Å². The molecule has 0 fully saturated rings. The Balaban J connectivity index is 1.16. The molecule has 0 N–H and O–H groups in total. The van der Waals surface area contributed by atoms with Crippen molar-refractivity contribution < 1.29 is 13.3 Å². The average Bonchev–Trinajstić information content (AvgIpc) is 3.88. The number of aromatic nitrogens is 2. The van der Waals surface area contributed by atoms with E-state index in [1.54, 1.807) is 0 Å². The first-order chi connectivity index (χ1) is 25.2. The van der Waals surface area contributed by atoms with Gasteiger partial charge in [0, 0.05) is 38.1 Å². The molecule has 0 aliphatic heterocycles. The van der Waals surface area contributed by atoms with Crippen LogP contribution < -0.4 is 0 Å². The minimum absolute atomic E-state index is 0.636. The minimum atomic E-state index is 0.636. The maximum atomic E-state index is 6.65. The number of fused-ring (bicyclic) bond motifs is 9. The Labute approximate surface area is 291 Å². The molecule has 0 saturated heterocycles. The van der Waals surface area contributed by atoms with Gasteiger partial charge in [0.25, 0.3) is 0 Å². The summed E-state index contributed by atoms with van der Waals surface area (Å²) < 4.78 is 19.3. The monoisotopic (exact) mass is 654 g/mol. The van der Waals surface area contributed by atoms with Crippen molar-refractivity contribution in [3.63, 3.8) is 0 Å². The van der Waals surface area contributed by atoms with Crippen LogP contribution in [0.15, 0.2) is 171 Å². The van der Waals surface area contributed by atoms with Crippen molar-refractivity contribution in [2.45, 2.75) is 0 Å². The molecular weight excluding hydrogens is 629 g/mol. The van der Waals surface area contributed by atoms with E-state index < -0.39 is 0 Å². The molecular formula is C46H26N2O3. The van der Waals surface area contributed by atoms with Crippen LogP contribution in [0.2, 0.25) is 0 Å². The van der Waals surface area contributed by atoms with Crippen molar-refractivity contribution in [2.75, 3.05) is 0 Å². The first-order valence-electron chi connectivity index (χ1n) is 17.0. The van der Waals surface area contributed by atoms with Gasteiger partial charge in [-0.25, -0.2) is 9.97 Å². The molecule has 5 nitrogen and oxygen atoms in total. The molecule has 0 spiro atoms. The second-order valence-electron chi connectivity index (χ2n) is 12.9. The normalized spacial score (nSPS) is 11.9. The van der Waals surface area contributed by atoms with Gasteiger partial charge in [-0.1, -0.05) is 109 Å². The summed E-state index contributed by atoms with van der Waals surface area (Å²) in [5.74, 6) is 0.636. The van der Waals surface area contributed by atoms with Crippen LogP contribution in [0.4, 0.5) is 0 Å². The third kappa shape index (κ3) is 4.35. The fraction of sp³-hybridized carbons (Fsp3) is 0. The third-order valence-electron chi connectivity index (χ3n) is 9.91. The molecule has 0 aliphatic rings. The van der Waals surface area contributed by atoms with Gasteiger partial charge in [0.1, 0.15) is 39.1 Å². The van der Waals surface area contributed by atoms with Crippen LogP contribution >= 0.6 is 0 Å². The molecule has 0 radical (unpaired) electrons. The van der Waals surface area contributed by atoms with Gasteiger partial charge < -0.3 is 13.3 Å². The van der Waals surface area contributed by atoms with Gasteiger partial charge in [-0.15, -0.1) is 0 Å². The maximum absolute atomic E-state index is 6.65. The Kier molecular flexibility index (Phi) is 5.89. The molecule has 0 bridgehead atoms. The number of hydrogen-bond donors (Lipinski definition) is 0. The van der Waals surface area contributed by atoms with Gasteiger partial charge >= 0.3 is 0 Å². The Morgan fingerprint density at radius 3 is 1.71 bits per heavy atom. The highest BCUT2D eigenvalue weighted by Crippen LogP contribution is 2.43. The number of hydrogen-bond acceptors (Lipinski definition) is 5. The summed E-state index contributed by atoms with van der Waals surface area (Å²) in [6, 6.07) is 53.9. The summed E-state index contributed by atoms with van der Waals surface area (Å²) in [7, 11) is 0. The largest absolute Gasteiger partial charge is 0.456 e. The fourth-order valence-corrected chi connectivity index (χ4v) is 7.46. The van der Waals surface area contributed by atoms with E-state index in [0.29, 0.717) is 11.4 Å². The lowest BCUT2D eigenvalue weighted by molar-refractivity contribution is 0.667. The predicted molar refractivity (Wildman–Crippen MR) is 206 cm³/mol. The summed E-state index contributed by atoms with van der Waals surface area (Å²) >= 11 is 0. The lowest BCUT2D eigenvalue weighted by Crippen LogP contribution is -1.94. The topological polar surface area (TPSA) is 65.2 Å². The molecule has 0 unspecified atom stereocenters. The minimum Gasteiger partial charge on any atom is -0.456 e. The molecule has 0 aliphatic carbocycles. The van der Waals surface area contributed by atoms with Crippen LogP contribution in [0.25, 0.3) is 111 Å². The van der Waals surface area contributed by atoms with Gasteiger partial charge in [0.05, 0.1) is 0 Å². The Morgan fingerprint density at radius 1 is 0.353 bits per heavy atom. The van der Waals surface area contributed by atoms with E-state index in [4.69, 9.17) is 23.2 Å². The van der Waals surface area contributed by atoms with Crippen molar-refractivity contribution in [3.05, 3.63) is 158 Å². The van der Waals surface area contributed by atoms with E-state index in [1.165, 1.54) is 0 Å². The van der Waals surface area contributed by atoms with Crippen LogP contribution in [0, 0.1) is 0 Å². The number of benzene rings is 7. The molecule has 0 atom stereocenters. The van der Waals surface area contributed by atoms with Gasteiger partial charge in [-0.05, 0) is 70.8 Å². The number of rotatable bonds is 4. The first-order valence-corrected chi connectivity index (χ1v) is 17.0. The van der Waals surface area contributed by atoms with E-state index in [2.05, 4.69) is 84.9 Å². The molecule has 5 heteroatoms. The molecule has 238 valence electrons. The van der Waals surface area contributed by atoms with Crippen LogP contribution in [0.3, 0.4) is 0 Å². The molecule has 0 saturated carbocycles. The Morgan fingerprint density at radius 2 is 0.922 bits per heavy atom. The van der Waals surface area contributed by atoms with Gasteiger partial charge in [-0.3, -0.25) is 0 Å². The summed E-state index contributed by atoms with van der Waals surface area (Å²) in [4.78, 5) is 10.4. The lowest BCUT2D eigenvalue weighted by atomic mass is 9.98. The first kappa shape index (κ1) is 27.9. The highest BCUT2D eigenvalue weighted by Gasteiger charge is 2.22. The summed E-state index contributed by atoms with van der Waals surface area (Å²) in [6.07, 6.45) is 0. The van der Waals surface area contributed by atoms with Crippen molar-refractivity contribution in [1.29, 1.82) is 0 Å². The zero-order valence-corrected chi connectivity index (χ0v) is 27.1. The fourth-order valence-electron chi connectivity index (χ4n) is 7.46. The van der Waals surface area contributed by atoms with Gasteiger partial charge in [0.2, 0.25) is 0 Å². The molecule has 11 aromatic rings. The van der Waals surface area contributed by atoms with Crippen LogP contribution in [-0.4, -0.2) is 9.97 Å². The quantitative estimate of drug-likeness (QED) is 0.189. The van der Waals surface area contributed by atoms with E-state index in [1.807, 2.05) is 72.8 Å².